The molecule has 1 fully saturated rings. The van der Waals surface area contributed by atoms with E-state index in [9.17, 15) is 14.4 Å². The Morgan fingerprint density at radius 2 is 1.40 bits per heavy atom. The minimum Gasteiger partial charge on any atom is -0.461 e. The maximum Gasteiger partial charge on any atom is 0.338 e. The highest BCUT2D eigenvalue weighted by Crippen LogP contribution is 2.37. The van der Waals surface area contributed by atoms with Crippen LogP contribution in [0, 0.1) is 13.8 Å². The molecule has 0 amide bonds. The van der Waals surface area contributed by atoms with Crippen molar-refractivity contribution in [2.45, 2.75) is 44.0 Å². The second kappa shape index (κ2) is 9.80. The quantitative estimate of drug-likeness (QED) is 0.507. The number of ether oxygens (including phenoxy) is 3. The lowest BCUT2D eigenvalue weighted by Gasteiger charge is -2.19. The van der Waals surface area contributed by atoms with Crippen molar-refractivity contribution >= 4 is 29.7 Å². The molecule has 30 heavy (non-hydrogen) atoms. The predicted molar refractivity (Wildman–Crippen MR) is 113 cm³/mol. The molecule has 158 valence electrons. The van der Waals surface area contributed by atoms with Crippen molar-refractivity contribution in [2.24, 2.45) is 0 Å². The first-order valence-corrected chi connectivity index (χ1v) is 10.6. The van der Waals surface area contributed by atoms with Gasteiger partial charge in [0.05, 0.1) is 16.4 Å². The SMILES string of the molecule is CC(=O)O[C@H]1C[C@H](OC(=O)c2ccc(C)cc2)[C@@H](COC(=O)c2ccc(C)cc2)S1. The van der Waals surface area contributed by atoms with Gasteiger partial charge in [0.2, 0.25) is 0 Å². The molecule has 6 nitrogen and oxygen atoms in total. The molecule has 0 aliphatic carbocycles. The fourth-order valence-electron chi connectivity index (χ4n) is 3.04. The van der Waals surface area contributed by atoms with Gasteiger partial charge >= 0.3 is 17.9 Å². The summed E-state index contributed by atoms with van der Waals surface area (Å²) in [6.45, 7) is 5.25. The third kappa shape index (κ3) is 5.86. The molecule has 1 aliphatic heterocycles. The maximum atomic E-state index is 12.5. The molecular weight excluding hydrogens is 404 g/mol. The molecule has 0 unspecified atom stereocenters. The largest absolute Gasteiger partial charge is 0.461 e. The lowest BCUT2D eigenvalue weighted by molar-refractivity contribution is -0.142. The highest BCUT2D eigenvalue weighted by Gasteiger charge is 2.40. The van der Waals surface area contributed by atoms with E-state index >= 15 is 0 Å². The zero-order valence-corrected chi connectivity index (χ0v) is 17.9. The number of carbonyl (C=O) groups is 3. The van der Waals surface area contributed by atoms with Crippen LogP contribution in [0.15, 0.2) is 48.5 Å². The molecule has 0 bridgehead atoms. The lowest BCUT2D eigenvalue weighted by atomic mass is 10.1. The van der Waals surface area contributed by atoms with Gasteiger partial charge in [0.1, 0.15) is 12.7 Å². The summed E-state index contributed by atoms with van der Waals surface area (Å²) in [6, 6.07) is 14.2. The van der Waals surface area contributed by atoms with E-state index in [4.69, 9.17) is 14.2 Å². The van der Waals surface area contributed by atoms with Crippen LogP contribution in [0.2, 0.25) is 0 Å². The summed E-state index contributed by atoms with van der Waals surface area (Å²) in [7, 11) is 0. The van der Waals surface area contributed by atoms with Crippen LogP contribution in [-0.2, 0) is 19.0 Å². The van der Waals surface area contributed by atoms with Crippen LogP contribution < -0.4 is 0 Å². The number of thioether (sulfide) groups is 1. The average Bonchev–Trinajstić information content (AvgIpc) is 3.07. The van der Waals surface area contributed by atoms with Gasteiger partial charge in [-0.1, -0.05) is 35.4 Å². The molecule has 1 aliphatic rings. The van der Waals surface area contributed by atoms with Crippen molar-refractivity contribution in [1.29, 1.82) is 0 Å². The normalized spacial score (nSPS) is 20.4. The number of rotatable bonds is 6. The smallest absolute Gasteiger partial charge is 0.338 e. The Hall–Kier alpha value is -2.80. The molecule has 0 saturated carbocycles. The Kier molecular flexibility index (Phi) is 7.15. The Morgan fingerprint density at radius 1 is 0.867 bits per heavy atom. The van der Waals surface area contributed by atoms with E-state index < -0.39 is 29.4 Å². The maximum absolute atomic E-state index is 12.5. The van der Waals surface area contributed by atoms with Gasteiger partial charge in [0.15, 0.2) is 5.44 Å². The van der Waals surface area contributed by atoms with E-state index in [1.807, 2.05) is 38.1 Å². The molecule has 0 spiro atoms. The van der Waals surface area contributed by atoms with Crippen molar-refractivity contribution in [1.82, 2.24) is 0 Å². The van der Waals surface area contributed by atoms with Gasteiger partial charge in [-0.2, -0.15) is 0 Å². The third-order valence-electron chi connectivity index (χ3n) is 4.68. The molecule has 0 N–H and O–H groups in total. The van der Waals surface area contributed by atoms with Gasteiger partial charge in [-0.05, 0) is 38.1 Å². The Morgan fingerprint density at radius 3 is 1.93 bits per heavy atom. The Bertz CT molecular complexity index is 906. The van der Waals surface area contributed by atoms with Crippen molar-refractivity contribution < 1.29 is 28.6 Å². The standard InChI is InChI=1S/C23H24O6S/c1-14-4-8-17(9-5-14)22(25)27-13-20-19(12-21(30-20)28-16(3)24)29-23(26)18-10-6-15(2)7-11-18/h4-11,19-21H,12-13H2,1-3H3/t19-,20+,21+/m0/s1. The number of benzene rings is 2. The van der Waals surface area contributed by atoms with E-state index in [1.54, 1.807) is 24.3 Å². The van der Waals surface area contributed by atoms with E-state index in [-0.39, 0.29) is 11.9 Å². The van der Waals surface area contributed by atoms with Crippen molar-refractivity contribution in [2.75, 3.05) is 6.61 Å². The molecule has 0 aromatic heterocycles. The van der Waals surface area contributed by atoms with Crippen molar-refractivity contribution in [3.05, 3.63) is 70.8 Å². The summed E-state index contributed by atoms with van der Waals surface area (Å²) >= 11 is 1.33. The topological polar surface area (TPSA) is 78.9 Å². The van der Waals surface area contributed by atoms with Crippen LogP contribution in [0.4, 0.5) is 0 Å². The predicted octanol–water partition coefficient (Wildman–Crippen LogP) is 4.08. The van der Waals surface area contributed by atoms with Gasteiger partial charge in [0, 0.05) is 13.3 Å². The fraction of sp³-hybridized carbons (Fsp3) is 0.348. The van der Waals surface area contributed by atoms with E-state index in [0.29, 0.717) is 17.5 Å². The average molecular weight is 429 g/mol. The summed E-state index contributed by atoms with van der Waals surface area (Å²) in [5.41, 5.74) is 2.52. The summed E-state index contributed by atoms with van der Waals surface area (Å²) in [5, 5.41) is -0.335. The second-order valence-corrected chi connectivity index (χ2v) is 8.63. The van der Waals surface area contributed by atoms with Gasteiger partial charge in [-0.3, -0.25) is 4.79 Å². The molecule has 0 radical (unpaired) electrons. The van der Waals surface area contributed by atoms with Gasteiger partial charge in [-0.15, -0.1) is 11.8 Å². The number of aryl methyl sites for hydroxylation is 2. The number of hydrogen-bond acceptors (Lipinski definition) is 7. The van der Waals surface area contributed by atoms with Crippen LogP contribution in [0.1, 0.15) is 45.2 Å². The van der Waals surface area contributed by atoms with E-state index in [0.717, 1.165) is 11.1 Å². The molecule has 3 atom stereocenters. The summed E-state index contributed by atoms with van der Waals surface area (Å²) in [6.07, 6.45) is -0.201. The van der Waals surface area contributed by atoms with E-state index in [2.05, 4.69) is 0 Å². The zero-order chi connectivity index (χ0) is 21.7. The first-order valence-electron chi connectivity index (χ1n) is 9.66. The molecule has 1 heterocycles. The van der Waals surface area contributed by atoms with Crippen molar-refractivity contribution in [3.63, 3.8) is 0 Å². The molecule has 2 aromatic rings. The molecule has 1 saturated heterocycles. The molecule has 7 heteroatoms. The first kappa shape index (κ1) is 21.9. The van der Waals surface area contributed by atoms with Crippen LogP contribution >= 0.6 is 11.8 Å². The molecule has 3 rings (SSSR count). The van der Waals surface area contributed by atoms with Gasteiger partial charge in [-0.25, -0.2) is 9.59 Å². The van der Waals surface area contributed by atoms with Gasteiger partial charge < -0.3 is 14.2 Å². The number of carbonyl (C=O) groups excluding carboxylic acids is 3. The molecule has 2 aromatic carbocycles. The second-order valence-electron chi connectivity index (χ2n) is 7.22. The van der Waals surface area contributed by atoms with Crippen LogP contribution in [0.3, 0.4) is 0 Å². The monoisotopic (exact) mass is 428 g/mol. The summed E-state index contributed by atoms with van der Waals surface area (Å²) in [4.78, 5) is 36.2. The van der Waals surface area contributed by atoms with Gasteiger partial charge in [0.25, 0.3) is 0 Å². The highest BCUT2D eigenvalue weighted by atomic mass is 32.2. The Labute approximate surface area is 179 Å². The van der Waals surface area contributed by atoms with Crippen LogP contribution in [0.25, 0.3) is 0 Å². The minimum atomic E-state index is -0.543. The third-order valence-corrected chi connectivity index (χ3v) is 6.06. The fourth-order valence-corrected chi connectivity index (χ4v) is 4.41. The van der Waals surface area contributed by atoms with Crippen LogP contribution in [-0.4, -0.2) is 41.3 Å². The van der Waals surface area contributed by atoms with Crippen LogP contribution in [0.5, 0.6) is 0 Å². The Balaban J connectivity index is 1.65. The van der Waals surface area contributed by atoms with Crippen molar-refractivity contribution in [3.8, 4) is 0 Å². The van der Waals surface area contributed by atoms with E-state index in [1.165, 1.54) is 18.7 Å². The minimum absolute atomic E-state index is 0.0426. The zero-order valence-electron chi connectivity index (χ0n) is 17.1. The first-order chi connectivity index (χ1) is 14.3. The number of esters is 3. The summed E-state index contributed by atoms with van der Waals surface area (Å²) in [5.74, 6) is -1.32. The number of hydrogen-bond donors (Lipinski definition) is 0. The highest BCUT2D eigenvalue weighted by molar-refractivity contribution is 8.00. The lowest BCUT2D eigenvalue weighted by Crippen LogP contribution is -2.29. The molecular formula is C23H24O6S. The summed E-state index contributed by atoms with van der Waals surface area (Å²) < 4.78 is 16.4.